The van der Waals surface area contributed by atoms with E-state index in [-0.39, 0.29) is 11.2 Å². The van der Waals surface area contributed by atoms with Crippen molar-refractivity contribution in [3.63, 3.8) is 0 Å². The molecule has 0 aliphatic heterocycles. The summed E-state index contributed by atoms with van der Waals surface area (Å²) in [5.41, 5.74) is -0.604. The van der Waals surface area contributed by atoms with Crippen LogP contribution in [0.5, 0.6) is 0 Å². The summed E-state index contributed by atoms with van der Waals surface area (Å²) < 4.78 is 2.61. The van der Waals surface area contributed by atoms with Crippen molar-refractivity contribution in [2.75, 3.05) is 0 Å². The van der Waals surface area contributed by atoms with Crippen molar-refractivity contribution >= 4 is 47.8 Å². The molecular formula is C6H4N2O2S2Se. The molecule has 2 aromatic rings. The molecule has 0 aliphatic carbocycles. The van der Waals surface area contributed by atoms with Crippen LogP contribution in [0.4, 0.5) is 0 Å². The van der Waals surface area contributed by atoms with Gasteiger partial charge in [-0.05, 0) is 0 Å². The number of nitrogens with zero attached hydrogens (tertiary/aromatic N) is 1. The molecule has 0 atom stereocenters. The Labute approximate surface area is 87.8 Å². The molecule has 2 heterocycles. The van der Waals surface area contributed by atoms with Gasteiger partial charge in [-0.25, -0.2) is 0 Å². The number of aromatic amines is 1. The van der Waals surface area contributed by atoms with Gasteiger partial charge < -0.3 is 0 Å². The zero-order valence-electron chi connectivity index (χ0n) is 6.49. The zero-order chi connectivity index (χ0) is 9.59. The van der Waals surface area contributed by atoms with Gasteiger partial charge in [0.25, 0.3) is 0 Å². The number of H-pyrrole nitrogens is 1. The van der Waals surface area contributed by atoms with Gasteiger partial charge in [0.1, 0.15) is 0 Å². The Hall–Kier alpha value is -0.491. The normalized spacial score (nSPS) is 10.8. The van der Waals surface area contributed by atoms with Gasteiger partial charge in [-0.2, -0.15) is 0 Å². The molecule has 7 heteroatoms. The summed E-state index contributed by atoms with van der Waals surface area (Å²) in [5.74, 6) is 0. The number of fused-ring (bicyclic) bond motifs is 1. The average molecular weight is 279 g/mol. The van der Waals surface area contributed by atoms with Crippen LogP contribution in [0.15, 0.2) is 9.59 Å². The average Bonchev–Trinajstić information content (AvgIpc) is 2.42. The van der Waals surface area contributed by atoms with E-state index in [1.165, 1.54) is 29.7 Å². The fourth-order valence-electron chi connectivity index (χ4n) is 0.929. The Morgan fingerprint density at radius 3 is 2.77 bits per heavy atom. The Morgan fingerprint density at radius 2 is 2.08 bits per heavy atom. The summed E-state index contributed by atoms with van der Waals surface area (Å²) in [4.78, 5) is 26.0. The monoisotopic (exact) mass is 280 g/mol. The Morgan fingerprint density at radius 1 is 1.38 bits per heavy atom. The Balaban J connectivity index is 3.19. The van der Waals surface area contributed by atoms with Crippen molar-refractivity contribution in [3.8, 4) is 0 Å². The third-order valence-corrected chi connectivity index (χ3v) is 4.71. The first-order valence-electron chi connectivity index (χ1n) is 3.32. The second kappa shape index (κ2) is 3.02. The fraction of sp³-hybridized carbons (Fsp3) is 0.167. The second-order valence-corrected chi connectivity index (χ2v) is 6.73. The number of nitrogens with one attached hydrogen (secondary N) is 1. The SMILES string of the molecule is Cn1c(=O)[nH]c2sc(=[Se])sc2c1=O. The van der Waals surface area contributed by atoms with E-state index in [1.807, 2.05) is 0 Å². The van der Waals surface area contributed by atoms with Crippen LogP contribution < -0.4 is 11.2 Å². The molecule has 0 spiro atoms. The first-order chi connectivity index (χ1) is 6.09. The van der Waals surface area contributed by atoms with Crippen LogP contribution in [-0.4, -0.2) is 25.1 Å². The molecule has 2 rings (SSSR count). The van der Waals surface area contributed by atoms with Crippen molar-refractivity contribution in [3.05, 3.63) is 23.5 Å². The molecule has 0 unspecified atom stereocenters. The molecule has 1 N–H and O–H groups in total. The standard InChI is InChI=1S/C6H4N2O2S2Se/c1-8-4(9)2-3(7-5(8)10)12-6(13)11-2/h1H3,(H,7,10). The minimum absolute atomic E-state index is 0.235. The van der Waals surface area contributed by atoms with E-state index >= 15 is 0 Å². The quantitative estimate of drug-likeness (QED) is 0.693. The van der Waals surface area contributed by atoms with Crippen LogP contribution in [0, 0.1) is 2.69 Å². The molecule has 0 saturated carbocycles. The Bertz CT molecular complexity index is 632. The Kier molecular flexibility index (Phi) is 2.11. The van der Waals surface area contributed by atoms with E-state index in [2.05, 4.69) is 20.6 Å². The molecule has 4 nitrogen and oxygen atoms in total. The second-order valence-electron chi connectivity index (χ2n) is 2.41. The van der Waals surface area contributed by atoms with Gasteiger partial charge in [0.15, 0.2) is 0 Å². The zero-order valence-corrected chi connectivity index (χ0v) is 9.83. The molecule has 0 aromatic carbocycles. The van der Waals surface area contributed by atoms with Crippen LogP contribution in [0.2, 0.25) is 0 Å². The van der Waals surface area contributed by atoms with E-state index < -0.39 is 0 Å². The first kappa shape index (κ1) is 9.08. The van der Waals surface area contributed by atoms with E-state index in [0.29, 0.717) is 9.53 Å². The molecule has 0 radical (unpaired) electrons. The third kappa shape index (κ3) is 1.38. The van der Waals surface area contributed by atoms with Crippen LogP contribution in [0.3, 0.4) is 0 Å². The fourth-order valence-corrected chi connectivity index (χ4v) is 3.91. The van der Waals surface area contributed by atoms with Crippen LogP contribution in [-0.2, 0) is 7.05 Å². The summed E-state index contributed by atoms with van der Waals surface area (Å²) in [7, 11) is 1.46. The molecule has 0 amide bonds. The van der Waals surface area contributed by atoms with E-state index in [0.717, 1.165) is 7.26 Å². The van der Waals surface area contributed by atoms with Gasteiger partial charge in [-0.15, -0.1) is 0 Å². The van der Waals surface area contributed by atoms with Crippen molar-refractivity contribution in [1.82, 2.24) is 9.55 Å². The summed E-state index contributed by atoms with van der Waals surface area (Å²) in [6.07, 6.45) is 0. The summed E-state index contributed by atoms with van der Waals surface area (Å²) in [6.45, 7) is 0. The number of hydrogen-bond acceptors (Lipinski definition) is 4. The molecule has 13 heavy (non-hydrogen) atoms. The molecule has 0 saturated heterocycles. The number of rotatable bonds is 0. The maximum atomic E-state index is 11.5. The first-order valence-corrected chi connectivity index (χ1v) is 5.81. The number of aromatic nitrogens is 2. The predicted octanol–water partition coefficient (Wildman–Crippen LogP) is 0.0503. The molecule has 0 bridgehead atoms. The van der Waals surface area contributed by atoms with Crippen LogP contribution >= 0.6 is 22.7 Å². The van der Waals surface area contributed by atoms with Crippen molar-refractivity contribution in [1.29, 1.82) is 0 Å². The topological polar surface area (TPSA) is 54.9 Å². The molecule has 68 valence electrons. The summed E-state index contributed by atoms with van der Waals surface area (Å²) >= 11 is 5.57. The molecular weight excluding hydrogens is 275 g/mol. The summed E-state index contributed by atoms with van der Waals surface area (Å²) in [6, 6.07) is 0. The van der Waals surface area contributed by atoms with Crippen LogP contribution in [0.25, 0.3) is 9.53 Å². The predicted molar refractivity (Wildman–Crippen MR) is 54.6 cm³/mol. The van der Waals surface area contributed by atoms with Gasteiger partial charge in [0.2, 0.25) is 0 Å². The van der Waals surface area contributed by atoms with Crippen molar-refractivity contribution in [2.24, 2.45) is 7.05 Å². The third-order valence-electron chi connectivity index (χ3n) is 1.60. The van der Waals surface area contributed by atoms with Gasteiger partial charge in [0.05, 0.1) is 0 Å². The van der Waals surface area contributed by atoms with E-state index in [4.69, 9.17) is 0 Å². The van der Waals surface area contributed by atoms with Crippen LogP contribution in [0.1, 0.15) is 0 Å². The number of hydrogen-bond donors (Lipinski definition) is 1. The molecule has 2 aromatic heterocycles. The van der Waals surface area contributed by atoms with Crippen molar-refractivity contribution < 1.29 is 0 Å². The van der Waals surface area contributed by atoms with E-state index in [1.54, 1.807) is 0 Å². The molecule has 0 fully saturated rings. The minimum atomic E-state index is -0.369. The van der Waals surface area contributed by atoms with Gasteiger partial charge in [-0.3, -0.25) is 0 Å². The summed E-state index contributed by atoms with van der Waals surface area (Å²) in [5, 5.41) is 0. The van der Waals surface area contributed by atoms with E-state index in [9.17, 15) is 9.59 Å². The van der Waals surface area contributed by atoms with Gasteiger partial charge >= 0.3 is 87.9 Å². The van der Waals surface area contributed by atoms with Gasteiger partial charge in [-0.1, -0.05) is 0 Å². The maximum absolute atomic E-state index is 11.5. The van der Waals surface area contributed by atoms with Gasteiger partial charge in [0, 0.05) is 0 Å². The van der Waals surface area contributed by atoms with Crippen molar-refractivity contribution in [2.45, 2.75) is 0 Å². The molecule has 0 aliphatic rings.